The summed E-state index contributed by atoms with van der Waals surface area (Å²) in [5.74, 6) is 1.23. The fourth-order valence-corrected chi connectivity index (χ4v) is 2.92. The lowest BCUT2D eigenvalue weighted by Crippen LogP contribution is -2.38. The molecular formula is C18H21ClN4O. The number of hydrogen-bond acceptors (Lipinski definition) is 4. The molecule has 1 saturated heterocycles. The van der Waals surface area contributed by atoms with Gasteiger partial charge in [-0.15, -0.1) is 0 Å². The van der Waals surface area contributed by atoms with E-state index in [2.05, 4.69) is 22.2 Å². The number of likely N-dealkylation sites (tertiary alicyclic amines) is 1. The van der Waals surface area contributed by atoms with Gasteiger partial charge in [0, 0.05) is 23.8 Å². The predicted octanol–water partition coefficient (Wildman–Crippen LogP) is 4.05. The Morgan fingerprint density at radius 2 is 2.00 bits per heavy atom. The molecule has 3 rings (SSSR count). The molecule has 1 N–H and O–H groups in total. The van der Waals surface area contributed by atoms with Crippen molar-refractivity contribution in [2.45, 2.75) is 26.7 Å². The van der Waals surface area contributed by atoms with Gasteiger partial charge in [0.25, 0.3) is 5.91 Å². The van der Waals surface area contributed by atoms with Crippen LogP contribution in [0.1, 0.15) is 35.8 Å². The molecule has 2 heterocycles. The smallest absolute Gasteiger partial charge is 0.274 e. The number of nitrogens with one attached hydrogen (secondary N) is 1. The van der Waals surface area contributed by atoms with Gasteiger partial charge in [-0.2, -0.15) is 0 Å². The zero-order valence-electron chi connectivity index (χ0n) is 13.9. The number of halogens is 1. The summed E-state index contributed by atoms with van der Waals surface area (Å²) in [6.45, 7) is 5.80. The molecule has 1 amide bonds. The van der Waals surface area contributed by atoms with E-state index < -0.39 is 0 Å². The number of carbonyl (C=O) groups excluding carboxylic acids is 1. The molecule has 2 aromatic rings. The van der Waals surface area contributed by atoms with Crippen molar-refractivity contribution in [1.29, 1.82) is 0 Å². The largest absolute Gasteiger partial charge is 0.339 e. The minimum absolute atomic E-state index is 0.0418. The van der Waals surface area contributed by atoms with Gasteiger partial charge in [0.05, 0.1) is 12.4 Å². The minimum atomic E-state index is -0.0418. The van der Waals surface area contributed by atoms with Gasteiger partial charge in [-0.3, -0.25) is 4.79 Å². The quantitative estimate of drug-likeness (QED) is 0.912. The molecule has 1 aliphatic heterocycles. The first-order valence-electron chi connectivity index (χ1n) is 8.17. The molecule has 0 unspecified atom stereocenters. The normalized spacial score (nSPS) is 15.4. The summed E-state index contributed by atoms with van der Waals surface area (Å²) in [7, 11) is 0. The monoisotopic (exact) mass is 344 g/mol. The number of hydrogen-bond donors (Lipinski definition) is 1. The van der Waals surface area contributed by atoms with Crippen LogP contribution in [0.15, 0.2) is 30.6 Å². The standard InChI is InChI=1S/C18H21ClN4O/c1-12-5-7-23(8-6-12)18(24)16-10-21-17(11-20-16)22-15-9-14(19)4-3-13(15)2/h3-4,9-12H,5-8H2,1-2H3,(H,21,22). The van der Waals surface area contributed by atoms with E-state index in [-0.39, 0.29) is 5.91 Å². The van der Waals surface area contributed by atoms with Crippen LogP contribution in [0, 0.1) is 12.8 Å². The number of piperidine rings is 1. The number of nitrogens with zero attached hydrogens (tertiary/aromatic N) is 3. The van der Waals surface area contributed by atoms with Crippen LogP contribution < -0.4 is 5.32 Å². The Balaban J connectivity index is 1.69. The zero-order chi connectivity index (χ0) is 17.1. The van der Waals surface area contributed by atoms with Crippen molar-refractivity contribution < 1.29 is 4.79 Å². The number of amides is 1. The maximum atomic E-state index is 12.5. The maximum absolute atomic E-state index is 12.5. The number of rotatable bonds is 3. The summed E-state index contributed by atoms with van der Waals surface area (Å²) >= 11 is 6.02. The molecule has 5 nitrogen and oxygen atoms in total. The number of aromatic nitrogens is 2. The summed E-state index contributed by atoms with van der Waals surface area (Å²) in [5, 5.41) is 3.84. The van der Waals surface area contributed by atoms with Crippen LogP contribution in [0.3, 0.4) is 0 Å². The van der Waals surface area contributed by atoms with Crippen LogP contribution in [0.4, 0.5) is 11.5 Å². The lowest BCUT2D eigenvalue weighted by molar-refractivity contribution is 0.0691. The molecule has 0 spiro atoms. The highest BCUT2D eigenvalue weighted by Gasteiger charge is 2.22. The topological polar surface area (TPSA) is 58.1 Å². The Bertz CT molecular complexity index is 724. The highest BCUT2D eigenvalue weighted by atomic mass is 35.5. The third-order valence-corrected chi connectivity index (χ3v) is 4.64. The second-order valence-electron chi connectivity index (χ2n) is 6.35. The fourth-order valence-electron chi connectivity index (χ4n) is 2.74. The molecule has 0 bridgehead atoms. The lowest BCUT2D eigenvalue weighted by Gasteiger charge is -2.29. The summed E-state index contributed by atoms with van der Waals surface area (Å²) in [4.78, 5) is 22.9. The Morgan fingerprint density at radius 1 is 1.25 bits per heavy atom. The average Bonchev–Trinajstić information content (AvgIpc) is 2.59. The van der Waals surface area contributed by atoms with E-state index in [9.17, 15) is 4.79 Å². The first-order valence-corrected chi connectivity index (χ1v) is 8.55. The van der Waals surface area contributed by atoms with Gasteiger partial charge in [0.1, 0.15) is 11.5 Å². The summed E-state index contributed by atoms with van der Waals surface area (Å²) in [5.41, 5.74) is 2.32. The molecule has 1 aliphatic rings. The SMILES string of the molecule is Cc1ccc(Cl)cc1Nc1cnc(C(=O)N2CCC(C)CC2)cn1. The number of carbonyl (C=O) groups is 1. The van der Waals surface area contributed by atoms with Crippen LogP contribution >= 0.6 is 11.6 Å². The first kappa shape index (κ1) is 16.7. The summed E-state index contributed by atoms with van der Waals surface area (Å²) in [6, 6.07) is 5.62. The average molecular weight is 345 g/mol. The number of aryl methyl sites for hydroxylation is 1. The van der Waals surface area contributed by atoms with Gasteiger partial charge in [-0.05, 0) is 43.4 Å². The van der Waals surface area contributed by atoms with E-state index in [0.717, 1.165) is 37.2 Å². The Morgan fingerprint density at radius 3 is 2.67 bits per heavy atom. The van der Waals surface area contributed by atoms with Gasteiger partial charge in [0.2, 0.25) is 0 Å². The van der Waals surface area contributed by atoms with Gasteiger partial charge in [-0.25, -0.2) is 9.97 Å². The predicted molar refractivity (Wildman–Crippen MR) is 95.8 cm³/mol. The van der Waals surface area contributed by atoms with Crippen LogP contribution in [-0.2, 0) is 0 Å². The number of anilines is 2. The van der Waals surface area contributed by atoms with Crippen LogP contribution in [0.5, 0.6) is 0 Å². The van der Waals surface area contributed by atoms with Gasteiger partial charge >= 0.3 is 0 Å². The first-order chi connectivity index (χ1) is 11.5. The van der Waals surface area contributed by atoms with E-state index >= 15 is 0 Å². The van der Waals surface area contributed by atoms with Gasteiger partial charge in [0.15, 0.2) is 0 Å². The Labute approximate surface area is 147 Å². The Kier molecular flexibility index (Phi) is 5.00. The zero-order valence-corrected chi connectivity index (χ0v) is 14.7. The highest BCUT2D eigenvalue weighted by Crippen LogP contribution is 2.23. The second kappa shape index (κ2) is 7.18. The van der Waals surface area contributed by atoms with Crippen molar-refractivity contribution in [1.82, 2.24) is 14.9 Å². The summed E-state index contributed by atoms with van der Waals surface area (Å²) < 4.78 is 0. The second-order valence-corrected chi connectivity index (χ2v) is 6.78. The molecule has 6 heteroatoms. The van der Waals surface area contributed by atoms with Crippen molar-refractivity contribution in [3.63, 3.8) is 0 Å². The molecule has 0 aliphatic carbocycles. The Hall–Kier alpha value is -2.14. The van der Waals surface area contributed by atoms with Crippen LogP contribution in [0.25, 0.3) is 0 Å². The third kappa shape index (κ3) is 3.85. The molecule has 126 valence electrons. The fraction of sp³-hybridized carbons (Fsp3) is 0.389. The van der Waals surface area contributed by atoms with Gasteiger partial charge in [-0.1, -0.05) is 24.6 Å². The third-order valence-electron chi connectivity index (χ3n) is 4.40. The molecule has 24 heavy (non-hydrogen) atoms. The summed E-state index contributed by atoms with van der Waals surface area (Å²) in [6.07, 6.45) is 5.21. The van der Waals surface area contributed by atoms with Crippen molar-refractivity contribution in [3.05, 3.63) is 46.9 Å². The maximum Gasteiger partial charge on any atom is 0.274 e. The molecule has 1 fully saturated rings. The lowest BCUT2D eigenvalue weighted by atomic mass is 9.99. The van der Waals surface area contributed by atoms with Crippen molar-refractivity contribution in [2.75, 3.05) is 18.4 Å². The van der Waals surface area contributed by atoms with Crippen molar-refractivity contribution in [2.24, 2.45) is 5.92 Å². The van der Waals surface area contributed by atoms with Crippen molar-refractivity contribution >= 4 is 29.0 Å². The van der Waals surface area contributed by atoms with E-state index in [1.807, 2.05) is 30.0 Å². The van der Waals surface area contributed by atoms with E-state index in [1.54, 1.807) is 6.20 Å². The molecule has 0 atom stereocenters. The molecule has 1 aromatic heterocycles. The van der Waals surface area contributed by atoms with Gasteiger partial charge < -0.3 is 10.2 Å². The highest BCUT2D eigenvalue weighted by molar-refractivity contribution is 6.30. The van der Waals surface area contributed by atoms with Crippen LogP contribution in [-0.4, -0.2) is 33.9 Å². The van der Waals surface area contributed by atoms with E-state index in [4.69, 9.17) is 11.6 Å². The number of benzene rings is 1. The van der Waals surface area contributed by atoms with Crippen molar-refractivity contribution in [3.8, 4) is 0 Å². The van der Waals surface area contributed by atoms with E-state index in [1.165, 1.54) is 6.20 Å². The van der Waals surface area contributed by atoms with Crippen LogP contribution in [0.2, 0.25) is 5.02 Å². The molecule has 1 aromatic carbocycles. The molecule has 0 radical (unpaired) electrons. The molecule has 0 saturated carbocycles. The van der Waals surface area contributed by atoms with E-state index in [0.29, 0.717) is 22.5 Å². The molecular weight excluding hydrogens is 324 g/mol. The minimum Gasteiger partial charge on any atom is -0.339 e.